The fraction of sp³-hybridized carbons (Fsp3) is 0.105. The van der Waals surface area contributed by atoms with Gasteiger partial charge in [-0.1, -0.05) is 18.2 Å². The molecule has 0 aliphatic rings. The Labute approximate surface area is 150 Å². The van der Waals surface area contributed by atoms with E-state index in [4.69, 9.17) is 0 Å². The summed E-state index contributed by atoms with van der Waals surface area (Å²) in [6.45, 7) is 2.11. The van der Waals surface area contributed by atoms with E-state index >= 15 is 0 Å². The van der Waals surface area contributed by atoms with Gasteiger partial charge in [-0.3, -0.25) is 14.6 Å². The number of carbonyl (C=O) groups excluding carboxylic acids is 2. The van der Waals surface area contributed by atoms with E-state index < -0.39 is 0 Å². The molecule has 2 aromatic heterocycles. The molecule has 0 aliphatic carbocycles. The largest absolute Gasteiger partial charge is 0.347 e. The number of hydrogen-bond acceptors (Lipinski definition) is 5. The highest BCUT2D eigenvalue weighted by Gasteiger charge is 2.09. The van der Waals surface area contributed by atoms with Gasteiger partial charge in [0.15, 0.2) is 0 Å². The van der Waals surface area contributed by atoms with Crippen molar-refractivity contribution >= 4 is 17.5 Å². The quantitative estimate of drug-likeness (QED) is 0.738. The fourth-order valence-corrected chi connectivity index (χ4v) is 2.30. The average molecular weight is 347 g/mol. The second kappa shape index (κ2) is 7.98. The molecule has 2 amide bonds. The Morgan fingerprint density at radius 3 is 2.58 bits per heavy atom. The molecule has 2 N–H and O–H groups in total. The Morgan fingerprint density at radius 1 is 0.923 bits per heavy atom. The summed E-state index contributed by atoms with van der Waals surface area (Å²) < 4.78 is 0. The number of aromatic nitrogens is 3. The summed E-state index contributed by atoms with van der Waals surface area (Å²) in [5.41, 5.74) is 2.86. The van der Waals surface area contributed by atoms with Crippen LogP contribution in [0.5, 0.6) is 0 Å². The summed E-state index contributed by atoms with van der Waals surface area (Å²) in [5, 5.41) is 5.59. The molecule has 26 heavy (non-hydrogen) atoms. The number of nitrogens with one attached hydrogen (secondary N) is 2. The predicted octanol–water partition coefficient (Wildman–Crippen LogP) is 2.36. The van der Waals surface area contributed by atoms with Crippen LogP contribution < -0.4 is 10.6 Å². The fourth-order valence-electron chi connectivity index (χ4n) is 2.30. The first kappa shape index (κ1) is 17.2. The van der Waals surface area contributed by atoms with Crippen LogP contribution in [0.15, 0.2) is 61.1 Å². The van der Waals surface area contributed by atoms with Gasteiger partial charge in [0.2, 0.25) is 0 Å². The maximum atomic E-state index is 12.2. The highest BCUT2D eigenvalue weighted by atomic mass is 16.2. The van der Waals surface area contributed by atoms with Crippen LogP contribution in [0.4, 0.5) is 5.69 Å². The van der Waals surface area contributed by atoms with Crippen LogP contribution in [0.2, 0.25) is 0 Å². The van der Waals surface area contributed by atoms with E-state index in [-0.39, 0.29) is 11.8 Å². The van der Waals surface area contributed by atoms with E-state index in [1.807, 2.05) is 12.1 Å². The number of pyridine rings is 1. The van der Waals surface area contributed by atoms with Crippen LogP contribution in [0.25, 0.3) is 0 Å². The highest BCUT2D eigenvalue weighted by molar-refractivity contribution is 6.02. The van der Waals surface area contributed by atoms with Crippen molar-refractivity contribution in [3.63, 3.8) is 0 Å². The number of hydrogen-bond donors (Lipinski definition) is 2. The average Bonchev–Trinajstić information content (AvgIpc) is 2.67. The van der Waals surface area contributed by atoms with Gasteiger partial charge in [-0.05, 0) is 42.8 Å². The number of carbonyl (C=O) groups is 2. The molecule has 130 valence electrons. The van der Waals surface area contributed by atoms with E-state index in [0.717, 1.165) is 11.3 Å². The third-order valence-electron chi connectivity index (χ3n) is 3.57. The van der Waals surface area contributed by atoms with Gasteiger partial charge in [-0.25, -0.2) is 9.97 Å². The topological polar surface area (TPSA) is 96.9 Å². The van der Waals surface area contributed by atoms with Gasteiger partial charge in [0.05, 0.1) is 0 Å². The Bertz CT molecular complexity index is 928. The molecule has 3 aromatic rings. The molecule has 0 saturated carbocycles. The Hall–Kier alpha value is -3.61. The lowest BCUT2D eigenvalue weighted by atomic mass is 10.2. The Kier molecular flexibility index (Phi) is 5.28. The molecule has 0 fully saturated rings. The minimum Gasteiger partial charge on any atom is -0.347 e. The molecule has 0 unspecified atom stereocenters. The van der Waals surface area contributed by atoms with Gasteiger partial charge >= 0.3 is 0 Å². The molecule has 7 heteroatoms. The summed E-state index contributed by atoms with van der Waals surface area (Å²) in [6.07, 6.45) is 2.92. The smallest absolute Gasteiger partial charge is 0.274 e. The van der Waals surface area contributed by atoms with Crippen LogP contribution in [0.3, 0.4) is 0 Å². The van der Waals surface area contributed by atoms with Gasteiger partial charge in [-0.15, -0.1) is 0 Å². The van der Waals surface area contributed by atoms with Crippen molar-refractivity contribution in [2.24, 2.45) is 0 Å². The summed E-state index contributed by atoms with van der Waals surface area (Å²) in [5.74, 6) is -0.568. The summed E-state index contributed by atoms with van der Waals surface area (Å²) in [7, 11) is 0. The monoisotopic (exact) mass is 347 g/mol. The van der Waals surface area contributed by atoms with Gasteiger partial charge in [0.25, 0.3) is 11.8 Å². The zero-order valence-corrected chi connectivity index (χ0v) is 14.1. The SMILES string of the molecule is Cc1cc(C(=O)NCc2cccc(NC(=O)c3ccccn3)c2)ncn1. The van der Waals surface area contributed by atoms with Gasteiger partial charge < -0.3 is 10.6 Å². The minimum absolute atomic E-state index is 0.279. The molecule has 3 rings (SSSR count). The number of amides is 2. The first-order valence-corrected chi connectivity index (χ1v) is 8.00. The first-order chi connectivity index (χ1) is 12.6. The van der Waals surface area contributed by atoms with Gasteiger partial charge in [0, 0.05) is 24.1 Å². The Balaban J connectivity index is 1.62. The molecule has 0 bridgehead atoms. The van der Waals surface area contributed by atoms with E-state index in [1.54, 1.807) is 49.5 Å². The highest BCUT2D eigenvalue weighted by Crippen LogP contribution is 2.12. The number of rotatable bonds is 5. The first-order valence-electron chi connectivity index (χ1n) is 8.00. The standard InChI is InChI=1S/C19H17N5O2/c1-13-9-17(23-12-22-13)18(25)21-11-14-5-4-6-15(10-14)24-19(26)16-7-2-3-8-20-16/h2-10,12H,11H2,1H3,(H,21,25)(H,24,26). The van der Waals surface area contributed by atoms with Crippen LogP contribution >= 0.6 is 0 Å². The molecule has 0 saturated heterocycles. The summed E-state index contributed by atoms with van der Waals surface area (Å²) in [6, 6.07) is 14.0. The molecular weight excluding hydrogens is 330 g/mol. The minimum atomic E-state index is -0.289. The van der Waals surface area contributed by atoms with Crippen LogP contribution in [0.1, 0.15) is 32.2 Å². The Morgan fingerprint density at radius 2 is 1.81 bits per heavy atom. The molecule has 0 radical (unpaired) electrons. The molecule has 0 aliphatic heterocycles. The number of anilines is 1. The third-order valence-corrected chi connectivity index (χ3v) is 3.57. The number of nitrogens with zero attached hydrogens (tertiary/aromatic N) is 3. The second-order valence-electron chi connectivity index (χ2n) is 5.60. The van der Waals surface area contributed by atoms with Crippen LogP contribution in [-0.2, 0) is 6.54 Å². The second-order valence-corrected chi connectivity index (χ2v) is 5.60. The van der Waals surface area contributed by atoms with Crippen LogP contribution in [0, 0.1) is 6.92 Å². The maximum Gasteiger partial charge on any atom is 0.274 e. The van der Waals surface area contributed by atoms with Crippen molar-refractivity contribution in [2.75, 3.05) is 5.32 Å². The third kappa shape index (κ3) is 4.47. The van der Waals surface area contributed by atoms with Crippen molar-refractivity contribution in [1.82, 2.24) is 20.3 Å². The van der Waals surface area contributed by atoms with Crippen molar-refractivity contribution in [3.8, 4) is 0 Å². The molecular formula is C19H17N5O2. The van der Waals surface area contributed by atoms with Gasteiger partial charge in [0.1, 0.15) is 17.7 Å². The van der Waals surface area contributed by atoms with Crippen molar-refractivity contribution in [1.29, 1.82) is 0 Å². The zero-order valence-electron chi connectivity index (χ0n) is 14.1. The van der Waals surface area contributed by atoms with E-state index in [2.05, 4.69) is 25.6 Å². The number of aryl methyl sites for hydroxylation is 1. The lowest BCUT2D eigenvalue weighted by molar-refractivity contribution is 0.0944. The van der Waals surface area contributed by atoms with Crippen LogP contribution in [-0.4, -0.2) is 26.8 Å². The van der Waals surface area contributed by atoms with Gasteiger partial charge in [-0.2, -0.15) is 0 Å². The van der Waals surface area contributed by atoms with Crippen molar-refractivity contribution < 1.29 is 9.59 Å². The summed E-state index contributed by atoms with van der Waals surface area (Å²) >= 11 is 0. The summed E-state index contributed by atoms with van der Waals surface area (Å²) in [4.78, 5) is 36.2. The lowest BCUT2D eigenvalue weighted by Crippen LogP contribution is -2.24. The molecule has 7 nitrogen and oxygen atoms in total. The molecule has 0 atom stereocenters. The number of benzene rings is 1. The van der Waals surface area contributed by atoms with E-state index in [1.165, 1.54) is 6.33 Å². The lowest BCUT2D eigenvalue weighted by Gasteiger charge is -2.08. The van der Waals surface area contributed by atoms with E-state index in [0.29, 0.717) is 23.6 Å². The predicted molar refractivity (Wildman–Crippen MR) is 96.6 cm³/mol. The molecule has 1 aromatic carbocycles. The zero-order chi connectivity index (χ0) is 18.4. The van der Waals surface area contributed by atoms with E-state index in [9.17, 15) is 9.59 Å². The maximum absolute atomic E-state index is 12.2. The van der Waals surface area contributed by atoms with Crippen molar-refractivity contribution in [2.45, 2.75) is 13.5 Å². The molecule has 0 spiro atoms. The normalized spacial score (nSPS) is 10.2. The molecule has 2 heterocycles. The van der Waals surface area contributed by atoms with Crippen molar-refractivity contribution in [3.05, 3.63) is 83.7 Å².